The van der Waals surface area contributed by atoms with Crippen LogP contribution in [0.15, 0.2) is 42.7 Å². The van der Waals surface area contributed by atoms with Crippen molar-refractivity contribution in [1.82, 2.24) is 14.8 Å². The molecular weight excluding hydrogens is 329 g/mol. The van der Waals surface area contributed by atoms with Crippen molar-refractivity contribution in [2.45, 2.75) is 6.92 Å². The molecule has 3 nitrogen and oxygen atoms in total. The molecular formula is C15H10Cl3N3. The molecule has 106 valence electrons. The molecule has 0 spiro atoms. The van der Waals surface area contributed by atoms with Gasteiger partial charge in [0, 0.05) is 15.6 Å². The van der Waals surface area contributed by atoms with Crippen LogP contribution in [-0.2, 0) is 0 Å². The van der Waals surface area contributed by atoms with Crippen molar-refractivity contribution in [2.24, 2.45) is 0 Å². The first-order valence-electron chi connectivity index (χ1n) is 6.18. The van der Waals surface area contributed by atoms with Crippen LogP contribution in [0, 0.1) is 6.92 Å². The molecule has 1 aromatic heterocycles. The lowest BCUT2D eigenvalue weighted by molar-refractivity contribution is 0.886. The van der Waals surface area contributed by atoms with Crippen molar-refractivity contribution in [2.75, 3.05) is 0 Å². The summed E-state index contributed by atoms with van der Waals surface area (Å²) in [6.45, 7) is 1.95. The van der Waals surface area contributed by atoms with E-state index in [1.165, 1.54) is 6.33 Å². The van der Waals surface area contributed by atoms with Gasteiger partial charge in [-0.05, 0) is 42.8 Å². The summed E-state index contributed by atoms with van der Waals surface area (Å²) in [6.07, 6.45) is 1.48. The van der Waals surface area contributed by atoms with Crippen LogP contribution in [0.4, 0.5) is 0 Å². The second-order valence-electron chi connectivity index (χ2n) is 4.55. The van der Waals surface area contributed by atoms with E-state index < -0.39 is 0 Å². The zero-order chi connectivity index (χ0) is 15.0. The van der Waals surface area contributed by atoms with Gasteiger partial charge in [-0.1, -0.05) is 40.9 Å². The van der Waals surface area contributed by atoms with E-state index in [1.807, 2.05) is 31.2 Å². The Morgan fingerprint density at radius 3 is 2.48 bits per heavy atom. The van der Waals surface area contributed by atoms with Gasteiger partial charge in [0.2, 0.25) is 0 Å². The number of rotatable bonds is 2. The molecule has 2 aromatic carbocycles. The van der Waals surface area contributed by atoms with Gasteiger partial charge in [0.15, 0.2) is 5.82 Å². The van der Waals surface area contributed by atoms with E-state index in [-0.39, 0.29) is 0 Å². The van der Waals surface area contributed by atoms with Gasteiger partial charge in [0.05, 0.1) is 10.7 Å². The summed E-state index contributed by atoms with van der Waals surface area (Å²) in [7, 11) is 0. The van der Waals surface area contributed by atoms with E-state index in [2.05, 4.69) is 10.1 Å². The van der Waals surface area contributed by atoms with Crippen LogP contribution >= 0.6 is 34.8 Å². The van der Waals surface area contributed by atoms with Crippen molar-refractivity contribution >= 4 is 34.8 Å². The standard InChI is InChI=1S/C15H10Cl3N3/c1-9-2-4-11(7-13(9)17)21-15(19-8-20-21)12-5-3-10(16)6-14(12)18/h2-8H,1H3. The fourth-order valence-electron chi connectivity index (χ4n) is 2.00. The molecule has 0 bridgehead atoms. The molecule has 0 saturated carbocycles. The summed E-state index contributed by atoms with van der Waals surface area (Å²) in [5.41, 5.74) is 2.59. The number of aromatic nitrogens is 3. The number of nitrogens with zero attached hydrogens (tertiary/aromatic N) is 3. The van der Waals surface area contributed by atoms with Gasteiger partial charge in [0.1, 0.15) is 6.33 Å². The maximum absolute atomic E-state index is 6.25. The lowest BCUT2D eigenvalue weighted by Crippen LogP contribution is -2.00. The molecule has 1 heterocycles. The molecule has 0 aliphatic carbocycles. The molecule has 0 fully saturated rings. The number of aryl methyl sites for hydroxylation is 1. The summed E-state index contributed by atoms with van der Waals surface area (Å²) in [4.78, 5) is 4.29. The number of halogens is 3. The minimum atomic E-state index is 0.523. The summed E-state index contributed by atoms with van der Waals surface area (Å²) in [5, 5.41) is 6.03. The van der Waals surface area contributed by atoms with Gasteiger partial charge >= 0.3 is 0 Å². The Labute approximate surface area is 137 Å². The summed E-state index contributed by atoms with van der Waals surface area (Å²) in [6, 6.07) is 11.0. The van der Waals surface area contributed by atoms with Crippen LogP contribution in [0.3, 0.4) is 0 Å². The minimum Gasteiger partial charge on any atom is -0.215 e. The third-order valence-corrected chi connectivity index (χ3v) is 4.07. The average molecular weight is 339 g/mol. The Kier molecular flexibility index (Phi) is 3.89. The quantitative estimate of drug-likeness (QED) is 0.642. The van der Waals surface area contributed by atoms with E-state index in [0.717, 1.165) is 16.8 Å². The van der Waals surface area contributed by atoms with Crippen molar-refractivity contribution in [3.63, 3.8) is 0 Å². The zero-order valence-corrected chi connectivity index (χ0v) is 13.3. The summed E-state index contributed by atoms with van der Waals surface area (Å²) >= 11 is 18.3. The van der Waals surface area contributed by atoms with Crippen molar-refractivity contribution in [3.8, 4) is 17.1 Å². The van der Waals surface area contributed by atoms with Gasteiger partial charge in [-0.2, -0.15) is 5.10 Å². The van der Waals surface area contributed by atoms with Gasteiger partial charge in [-0.25, -0.2) is 9.67 Å². The molecule has 0 N–H and O–H groups in total. The van der Waals surface area contributed by atoms with Crippen molar-refractivity contribution < 1.29 is 0 Å². The highest BCUT2D eigenvalue weighted by atomic mass is 35.5. The van der Waals surface area contributed by atoms with Gasteiger partial charge in [0.25, 0.3) is 0 Å². The zero-order valence-electron chi connectivity index (χ0n) is 11.0. The number of hydrogen-bond acceptors (Lipinski definition) is 2. The van der Waals surface area contributed by atoms with Crippen LogP contribution < -0.4 is 0 Å². The van der Waals surface area contributed by atoms with Crippen molar-refractivity contribution in [3.05, 3.63) is 63.4 Å². The molecule has 6 heteroatoms. The summed E-state index contributed by atoms with van der Waals surface area (Å²) < 4.78 is 1.69. The SMILES string of the molecule is Cc1ccc(-n2ncnc2-c2ccc(Cl)cc2Cl)cc1Cl. The second-order valence-corrected chi connectivity index (χ2v) is 5.80. The molecule has 0 aliphatic heterocycles. The van der Waals surface area contributed by atoms with Crippen LogP contribution in [-0.4, -0.2) is 14.8 Å². The van der Waals surface area contributed by atoms with Crippen LogP contribution in [0.1, 0.15) is 5.56 Å². The van der Waals surface area contributed by atoms with Crippen molar-refractivity contribution in [1.29, 1.82) is 0 Å². The molecule has 21 heavy (non-hydrogen) atoms. The summed E-state index contributed by atoms with van der Waals surface area (Å²) in [5.74, 6) is 0.636. The maximum atomic E-state index is 6.25. The highest BCUT2D eigenvalue weighted by molar-refractivity contribution is 6.36. The van der Waals surface area contributed by atoms with Gasteiger partial charge in [-0.3, -0.25) is 0 Å². The Balaban J connectivity index is 2.14. The third-order valence-electron chi connectivity index (χ3n) is 3.12. The van der Waals surface area contributed by atoms with E-state index in [4.69, 9.17) is 34.8 Å². The molecule has 0 unspecified atom stereocenters. The Bertz CT molecular complexity index is 812. The largest absolute Gasteiger partial charge is 0.215 e. The van der Waals surface area contributed by atoms with Crippen LogP contribution in [0.25, 0.3) is 17.1 Å². The Morgan fingerprint density at radius 1 is 0.952 bits per heavy atom. The number of benzene rings is 2. The molecule has 0 atom stereocenters. The minimum absolute atomic E-state index is 0.523. The third kappa shape index (κ3) is 2.77. The van der Waals surface area contributed by atoms with E-state index in [0.29, 0.717) is 20.9 Å². The van der Waals surface area contributed by atoms with E-state index in [1.54, 1.807) is 16.8 Å². The smallest absolute Gasteiger partial charge is 0.164 e. The normalized spacial score (nSPS) is 10.9. The molecule has 0 aliphatic rings. The van der Waals surface area contributed by atoms with Gasteiger partial charge < -0.3 is 0 Å². The molecule has 0 saturated heterocycles. The van der Waals surface area contributed by atoms with E-state index in [9.17, 15) is 0 Å². The van der Waals surface area contributed by atoms with Gasteiger partial charge in [-0.15, -0.1) is 0 Å². The Morgan fingerprint density at radius 2 is 1.76 bits per heavy atom. The predicted octanol–water partition coefficient (Wildman–Crippen LogP) is 5.20. The topological polar surface area (TPSA) is 30.7 Å². The molecule has 0 radical (unpaired) electrons. The first kappa shape index (κ1) is 14.4. The first-order chi connectivity index (χ1) is 10.1. The highest BCUT2D eigenvalue weighted by Crippen LogP contribution is 2.30. The first-order valence-corrected chi connectivity index (χ1v) is 7.31. The fourth-order valence-corrected chi connectivity index (χ4v) is 2.67. The Hall–Kier alpha value is -1.55. The molecule has 3 rings (SSSR count). The maximum Gasteiger partial charge on any atom is 0.164 e. The molecule has 0 amide bonds. The number of hydrogen-bond donors (Lipinski definition) is 0. The van der Waals surface area contributed by atoms with E-state index >= 15 is 0 Å². The second kappa shape index (κ2) is 5.68. The lowest BCUT2D eigenvalue weighted by atomic mass is 10.2. The average Bonchev–Trinajstić information content (AvgIpc) is 2.91. The lowest BCUT2D eigenvalue weighted by Gasteiger charge is -2.09. The predicted molar refractivity (Wildman–Crippen MR) is 86.6 cm³/mol. The highest BCUT2D eigenvalue weighted by Gasteiger charge is 2.13. The van der Waals surface area contributed by atoms with Crippen LogP contribution in [0.5, 0.6) is 0 Å². The monoisotopic (exact) mass is 337 g/mol. The molecule has 3 aromatic rings. The fraction of sp³-hybridized carbons (Fsp3) is 0.0667. The van der Waals surface area contributed by atoms with Crippen LogP contribution in [0.2, 0.25) is 15.1 Å².